The fraction of sp³-hybridized carbons (Fsp3) is 0.414. The molecular weight excluding hydrogens is 764 g/mol. The zero-order valence-corrected chi connectivity index (χ0v) is 29.1. The monoisotopic (exact) mass is 799 g/mol. The zero-order chi connectivity index (χ0) is 28.4. The van der Waals surface area contributed by atoms with Gasteiger partial charge in [0, 0.05) is 53.3 Å². The number of allylic oxidation sites excluding steroid dienone is 2. The Balaban J connectivity index is 0.000000729. The van der Waals surface area contributed by atoms with Crippen molar-refractivity contribution in [3.8, 4) is 0 Å². The molecule has 0 radical (unpaired) electrons. The van der Waals surface area contributed by atoms with Crippen molar-refractivity contribution < 1.29 is 36.0 Å². The molecule has 6 rings (SSSR count). The van der Waals surface area contributed by atoms with E-state index in [4.69, 9.17) is 22.3 Å². The van der Waals surface area contributed by atoms with Crippen LogP contribution in [0.3, 0.4) is 0 Å². The Morgan fingerprint density at radius 3 is 2.63 bits per heavy atom. The van der Waals surface area contributed by atoms with Crippen LogP contribution < -0.4 is 5.73 Å². The van der Waals surface area contributed by atoms with Crippen LogP contribution >= 0.6 is 11.6 Å². The number of rotatable bonds is 6. The number of nitrogens with one attached hydrogen (secondary N) is 1. The van der Waals surface area contributed by atoms with E-state index in [1.54, 1.807) is 7.05 Å². The first-order valence-corrected chi connectivity index (χ1v) is 13.9. The maximum Gasteiger partial charge on any atom is 2.00 e. The summed E-state index contributed by atoms with van der Waals surface area (Å²) in [6.45, 7) is 6.02. The predicted octanol–water partition coefficient (Wildman–Crippen LogP) is 5.62. The number of fused-ring (bicyclic) bond motifs is 2. The van der Waals surface area contributed by atoms with Gasteiger partial charge in [-0.3, -0.25) is 14.8 Å². The van der Waals surface area contributed by atoms with Gasteiger partial charge in [0.15, 0.2) is 0 Å². The number of aromatic amines is 1. The summed E-state index contributed by atoms with van der Waals surface area (Å²) in [5.74, 6) is 1.12. The summed E-state index contributed by atoms with van der Waals surface area (Å²) in [5, 5.41) is 17.7. The maximum atomic E-state index is 7.03. The Morgan fingerprint density at radius 1 is 1.27 bits per heavy atom. The van der Waals surface area contributed by atoms with E-state index in [1.807, 2.05) is 43.3 Å². The van der Waals surface area contributed by atoms with E-state index in [-0.39, 0.29) is 37.2 Å². The molecule has 10 nitrogen and oxygen atoms in total. The minimum absolute atomic E-state index is 0. The molecular formula is C29H36ClN9OU. The van der Waals surface area contributed by atoms with E-state index in [2.05, 4.69) is 48.8 Å². The van der Waals surface area contributed by atoms with E-state index in [1.165, 1.54) is 12.8 Å². The van der Waals surface area contributed by atoms with Crippen LogP contribution in [0, 0.1) is 38.0 Å². The fourth-order valence-electron chi connectivity index (χ4n) is 5.50. The largest absolute Gasteiger partial charge is 2.00 e. The Kier molecular flexibility index (Phi) is 10.4. The van der Waals surface area contributed by atoms with Crippen LogP contribution in [-0.4, -0.2) is 63.9 Å². The number of nitrogens with zero attached hydrogens (tertiary/aromatic N) is 7. The van der Waals surface area contributed by atoms with Crippen LogP contribution in [0.15, 0.2) is 46.7 Å². The molecule has 1 fully saturated rings. The Morgan fingerprint density at radius 2 is 1.98 bits per heavy atom. The molecule has 1 saturated heterocycles. The molecule has 3 N–H and O–H groups in total. The smallest absolute Gasteiger partial charge is 0.537 e. The number of halogens is 1. The van der Waals surface area contributed by atoms with Gasteiger partial charge in [0.25, 0.3) is 0 Å². The van der Waals surface area contributed by atoms with Crippen molar-refractivity contribution >= 4 is 39.9 Å². The van der Waals surface area contributed by atoms with Crippen LogP contribution in [0.1, 0.15) is 48.6 Å². The third-order valence-corrected chi connectivity index (χ3v) is 8.23. The molecule has 1 aliphatic carbocycles. The SMILES string of the molecule is CC(=NC1CCN(C2=C[N-]2)CC1)/C(=C(\N)C1=Cc2cnn(C)c2CC1)c1c(Cl)c(C)cc2[nH]ncc12.C[N-]OC.[U+2]. The number of aromatic nitrogens is 4. The summed E-state index contributed by atoms with van der Waals surface area (Å²) in [6.07, 6.45) is 11.5. The standard InChI is InChI=1S/C27H30ClN8.C2H6NO.U/c1-15-10-21-20(13-31-34-21)25(26(15)28)24(16(2)33-19-6-8-36(9-7-19)23-14-30-23)27(29)17-4-5-22-18(11-17)12-32-35(22)3;1-3-4-2;/h10-14,19H,4-9,29H2,1-3H3,(H,31,34);1-2H3;/q2*-1;+2/b27-24+,33-16?;;. The Bertz CT molecular complexity index is 1520. The van der Waals surface area contributed by atoms with Crippen LogP contribution in [0.5, 0.6) is 0 Å². The van der Waals surface area contributed by atoms with Crippen LogP contribution in [0.2, 0.25) is 5.02 Å². The molecule has 3 aromatic rings. The van der Waals surface area contributed by atoms with Gasteiger partial charge < -0.3 is 26.3 Å². The second-order valence-corrected chi connectivity index (χ2v) is 10.6. The number of benzene rings is 1. The summed E-state index contributed by atoms with van der Waals surface area (Å²) < 4.78 is 1.94. The summed E-state index contributed by atoms with van der Waals surface area (Å²) in [4.78, 5) is 11.7. The molecule has 0 spiro atoms. The number of piperidine rings is 1. The summed E-state index contributed by atoms with van der Waals surface area (Å²) >= 11 is 7.00. The van der Waals surface area contributed by atoms with E-state index < -0.39 is 0 Å². The van der Waals surface area contributed by atoms with E-state index in [9.17, 15) is 0 Å². The summed E-state index contributed by atoms with van der Waals surface area (Å²) in [6, 6.07) is 2.26. The molecule has 41 heavy (non-hydrogen) atoms. The molecule has 3 aliphatic rings. The van der Waals surface area contributed by atoms with Gasteiger partial charge in [-0.15, -0.1) is 7.05 Å². The molecule has 0 unspecified atom stereocenters. The van der Waals surface area contributed by atoms with Crippen molar-refractivity contribution in [3.63, 3.8) is 0 Å². The average Bonchev–Trinajstić information content (AvgIpc) is 3.61. The van der Waals surface area contributed by atoms with Gasteiger partial charge in [0.05, 0.1) is 29.0 Å². The fourth-order valence-corrected chi connectivity index (χ4v) is 5.75. The molecule has 2 aliphatic heterocycles. The number of hydrogen-bond donors (Lipinski definition) is 2. The van der Waals surface area contributed by atoms with Crippen LogP contribution in [-0.2, 0) is 18.3 Å². The van der Waals surface area contributed by atoms with E-state index in [0.717, 1.165) is 94.7 Å². The number of hydroxylamine groups is 1. The molecule has 0 atom stereocenters. The van der Waals surface area contributed by atoms with Crippen LogP contribution in [0.4, 0.5) is 0 Å². The zero-order valence-electron chi connectivity index (χ0n) is 24.2. The summed E-state index contributed by atoms with van der Waals surface area (Å²) in [7, 11) is 5.08. The number of likely N-dealkylation sites (tertiary alicyclic amines) is 1. The van der Waals surface area contributed by atoms with Gasteiger partial charge in [-0.05, 0) is 75.9 Å². The van der Waals surface area contributed by atoms with Crippen molar-refractivity contribution in [3.05, 3.63) is 80.0 Å². The first-order valence-electron chi connectivity index (χ1n) is 13.5. The van der Waals surface area contributed by atoms with Crippen molar-refractivity contribution in [2.24, 2.45) is 17.8 Å². The Hall–Kier alpha value is -2.55. The first kappa shape index (κ1) is 31.4. The van der Waals surface area contributed by atoms with E-state index in [0.29, 0.717) is 5.02 Å². The second kappa shape index (κ2) is 13.6. The molecule has 214 valence electrons. The van der Waals surface area contributed by atoms with Gasteiger partial charge in [0.1, 0.15) is 0 Å². The third-order valence-electron chi connectivity index (χ3n) is 7.74. The number of aliphatic imine (C=N–C) groups is 1. The van der Waals surface area contributed by atoms with Gasteiger partial charge in [0.2, 0.25) is 0 Å². The van der Waals surface area contributed by atoms with Crippen molar-refractivity contribution in [2.75, 3.05) is 27.2 Å². The normalized spacial score (nSPS) is 17.4. The van der Waals surface area contributed by atoms with E-state index >= 15 is 0 Å². The molecule has 0 bridgehead atoms. The minimum atomic E-state index is 0. The molecule has 0 amide bonds. The van der Waals surface area contributed by atoms with Gasteiger partial charge in [-0.1, -0.05) is 23.6 Å². The minimum Gasteiger partial charge on any atom is -0.537 e. The maximum absolute atomic E-state index is 7.03. The first-order chi connectivity index (χ1) is 19.3. The molecule has 4 heterocycles. The topological polar surface area (TPSA) is 126 Å². The van der Waals surface area contributed by atoms with Crippen molar-refractivity contribution in [1.82, 2.24) is 24.9 Å². The van der Waals surface area contributed by atoms with Gasteiger partial charge >= 0.3 is 31.1 Å². The Labute approximate surface area is 269 Å². The average molecular weight is 800 g/mol. The van der Waals surface area contributed by atoms with Crippen molar-refractivity contribution in [1.29, 1.82) is 0 Å². The molecule has 2 aromatic heterocycles. The molecule has 1 aromatic carbocycles. The van der Waals surface area contributed by atoms with Crippen molar-refractivity contribution in [2.45, 2.75) is 45.6 Å². The molecule has 0 saturated carbocycles. The second-order valence-electron chi connectivity index (χ2n) is 10.3. The molecule has 12 heteroatoms. The number of aryl methyl sites for hydroxylation is 2. The third kappa shape index (κ3) is 6.76. The van der Waals surface area contributed by atoms with Gasteiger partial charge in [-0.25, -0.2) is 0 Å². The summed E-state index contributed by atoms with van der Waals surface area (Å²) in [5.41, 5.74) is 19.0. The number of nitrogens with two attached hydrogens (primary N) is 1. The quantitative estimate of drug-likeness (QED) is 0.248. The van der Waals surface area contributed by atoms with Gasteiger partial charge in [-0.2, -0.15) is 10.2 Å². The number of hydrogen-bond acceptors (Lipinski definition) is 6. The van der Waals surface area contributed by atoms with Crippen LogP contribution in [0.25, 0.3) is 33.3 Å². The predicted molar refractivity (Wildman–Crippen MR) is 162 cm³/mol. The number of H-pyrrole nitrogens is 1.